The third-order valence-electron chi connectivity index (χ3n) is 7.66. The number of hydrogen-bond donors (Lipinski definition) is 2. The zero-order chi connectivity index (χ0) is 29.2. The molecule has 0 bridgehead atoms. The number of amides is 1. The van der Waals surface area contributed by atoms with Crippen LogP contribution in [0.2, 0.25) is 0 Å². The molecule has 0 saturated carbocycles. The van der Waals surface area contributed by atoms with E-state index in [9.17, 15) is 14.7 Å². The number of carboxylic acid groups (broad SMARTS) is 1. The molecule has 42 heavy (non-hydrogen) atoms. The molecule has 1 atom stereocenters. The molecular formula is C35H29FN2O4. The topological polar surface area (TPSA) is 78.9 Å². The Bertz CT molecular complexity index is 1820. The Morgan fingerprint density at radius 3 is 2.50 bits per heavy atom. The van der Waals surface area contributed by atoms with Gasteiger partial charge in [0.15, 0.2) is 0 Å². The van der Waals surface area contributed by atoms with E-state index < -0.39 is 11.8 Å². The third-order valence-corrected chi connectivity index (χ3v) is 7.66. The Hall–Kier alpha value is -5.17. The van der Waals surface area contributed by atoms with Gasteiger partial charge in [-0.25, -0.2) is 9.18 Å². The van der Waals surface area contributed by atoms with Crippen molar-refractivity contribution < 1.29 is 23.8 Å². The maximum absolute atomic E-state index is 15.2. The van der Waals surface area contributed by atoms with E-state index in [-0.39, 0.29) is 23.1 Å². The Morgan fingerprint density at radius 2 is 1.69 bits per heavy atom. The monoisotopic (exact) mass is 560 g/mol. The van der Waals surface area contributed by atoms with Crippen LogP contribution in [0.1, 0.15) is 44.8 Å². The summed E-state index contributed by atoms with van der Waals surface area (Å²) in [6, 6.07) is 30.8. The SMILES string of the molecule is CC(NC(=O)c1ccc2c(c1)OCCN2Cc1ccc(-c2ccccc2C(=O)O)c(F)c1)c1ccc2ccccc2c1. The minimum Gasteiger partial charge on any atom is -0.490 e. The highest BCUT2D eigenvalue weighted by molar-refractivity contribution is 5.96. The van der Waals surface area contributed by atoms with Crippen molar-refractivity contribution in [3.8, 4) is 16.9 Å². The van der Waals surface area contributed by atoms with E-state index in [0.29, 0.717) is 36.6 Å². The number of carbonyl (C=O) groups is 2. The molecule has 0 fully saturated rings. The third kappa shape index (κ3) is 5.41. The van der Waals surface area contributed by atoms with Crippen LogP contribution in [0.25, 0.3) is 21.9 Å². The molecule has 1 aliphatic rings. The van der Waals surface area contributed by atoms with Gasteiger partial charge in [0.05, 0.1) is 23.8 Å². The number of nitrogens with zero attached hydrogens (tertiary/aromatic N) is 1. The summed E-state index contributed by atoms with van der Waals surface area (Å²) in [5.74, 6) is -1.18. The van der Waals surface area contributed by atoms with Gasteiger partial charge in [-0.1, -0.05) is 66.7 Å². The molecule has 5 aromatic rings. The lowest BCUT2D eigenvalue weighted by Crippen LogP contribution is -2.32. The fourth-order valence-corrected chi connectivity index (χ4v) is 5.42. The quantitative estimate of drug-likeness (QED) is 0.220. The molecule has 6 nitrogen and oxygen atoms in total. The normalized spacial score (nSPS) is 13.2. The number of carboxylic acids is 1. The van der Waals surface area contributed by atoms with E-state index in [2.05, 4.69) is 34.5 Å². The highest BCUT2D eigenvalue weighted by Gasteiger charge is 2.22. The minimum absolute atomic E-state index is 0.0535. The van der Waals surface area contributed by atoms with Crippen LogP contribution in [-0.2, 0) is 6.54 Å². The smallest absolute Gasteiger partial charge is 0.336 e. The van der Waals surface area contributed by atoms with E-state index in [1.165, 1.54) is 12.1 Å². The molecule has 1 heterocycles. The van der Waals surface area contributed by atoms with Gasteiger partial charge < -0.3 is 20.1 Å². The molecule has 210 valence electrons. The van der Waals surface area contributed by atoms with Crippen molar-refractivity contribution in [1.29, 1.82) is 0 Å². The molecule has 6 rings (SSSR count). The first-order valence-electron chi connectivity index (χ1n) is 13.8. The fourth-order valence-electron chi connectivity index (χ4n) is 5.42. The lowest BCUT2D eigenvalue weighted by atomic mass is 9.98. The second-order valence-electron chi connectivity index (χ2n) is 10.4. The summed E-state index contributed by atoms with van der Waals surface area (Å²) in [7, 11) is 0. The largest absolute Gasteiger partial charge is 0.490 e. The van der Waals surface area contributed by atoms with Gasteiger partial charge in [-0.3, -0.25) is 4.79 Å². The van der Waals surface area contributed by atoms with Gasteiger partial charge in [-0.2, -0.15) is 0 Å². The molecule has 1 unspecified atom stereocenters. The van der Waals surface area contributed by atoms with Gasteiger partial charge in [0, 0.05) is 17.7 Å². The Kier molecular flexibility index (Phi) is 7.32. The highest BCUT2D eigenvalue weighted by atomic mass is 19.1. The maximum Gasteiger partial charge on any atom is 0.336 e. The lowest BCUT2D eigenvalue weighted by Gasteiger charge is -2.31. The van der Waals surface area contributed by atoms with Crippen molar-refractivity contribution >= 4 is 28.3 Å². The summed E-state index contributed by atoms with van der Waals surface area (Å²) in [5, 5.41) is 14.9. The number of fused-ring (bicyclic) bond motifs is 2. The molecular weight excluding hydrogens is 531 g/mol. The van der Waals surface area contributed by atoms with E-state index in [1.807, 2.05) is 37.3 Å². The van der Waals surface area contributed by atoms with Gasteiger partial charge in [0.1, 0.15) is 18.2 Å². The zero-order valence-electron chi connectivity index (χ0n) is 23.0. The first-order chi connectivity index (χ1) is 20.4. The number of rotatable bonds is 7. The van der Waals surface area contributed by atoms with Gasteiger partial charge in [0.2, 0.25) is 0 Å². The second kappa shape index (κ2) is 11.4. The van der Waals surface area contributed by atoms with Crippen molar-refractivity contribution in [1.82, 2.24) is 5.32 Å². The fraction of sp³-hybridized carbons (Fsp3) is 0.143. The summed E-state index contributed by atoms with van der Waals surface area (Å²) in [6.45, 7) is 3.42. The number of aromatic carboxylic acids is 1. The highest BCUT2D eigenvalue weighted by Crippen LogP contribution is 2.35. The van der Waals surface area contributed by atoms with E-state index in [4.69, 9.17) is 4.74 Å². The second-order valence-corrected chi connectivity index (χ2v) is 10.4. The predicted molar refractivity (Wildman–Crippen MR) is 162 cm³/mol. The number of halogens is 1. The molecule has 0 aliphatic carbocycles. The number of nitrogens with one attached hydrogen (secondary N) is 1. The molecule has 5 aromatic carbocycles. The molecule has 1 aliphatic heterocycles. The predicted octanol–water partition coefficient (Wildman–Crippen LogP) is 7.23. The Balaban J connectivity index is 1.17. The summed E-state index contributed by atoms with van der Waals surface area (Å²) in [5.41, 5.74) is 3.71. The van der Waals surface area contributed by atoms with Crippen LogP contribution in [0.4, 0.5) is 10.1 Å². The number of ether oxygens (including phenoxy) is 1. The molecule has 0 aromatic heterocycles. The Labute approximate surface area is 243 Å². The summed E-state index contributed by atoms with van der Waals surface area (Å²) < 4.78 is 21.1. The Morgan fingerprint density at radius 1 is 0.905 bits per heavy atom. The molecule has 7 heteroatoms. The van der Waals surface area contributed by atoms with Crippen molar-refractivity contribution in [2.45, 2.75) is 19.5 Å². The van der Waals surface area contributed by atoms with Crippen molar-refractivity contribution in [3.05, 3.63) is 131 Å². The van der Waals surface area contributed by atoms with Crippen LogP contribution < -0.4 is 15.0 Å². The molecule has 2 N–H and O–H groups in total. The van der Waals surface area contributed by atoms with Gasteiger partial charge in [-0.15, -0.1) is 0 Å². The van der Waals surface area contributed by atoms with Gasteiger partial charge in [0.25, 0.3) is 5.91 Å². The number of anilines is 1. The lowest BCUT2D eigenvalue weighted by molar-refractivity contribution is 0.0697. The van der Waals surface area contributed by atoms with Crippen LogP contribution in [0, 0.1) is 5.82 Å². The van der Waals surface area contributed by atoms with Crippen LogP contribution in [-0.4, -0.2) is 30.1 Å². The average molecular weight is 561 g/mol. The van der Waals surface area contributed by atoms with E-state index in [0.717, 1.165) is 27.6 Å². The van der Waals surface area contributed by atoms with E-state index >= 15 is 4.39 Å². The zero-order valence-corrected chi connectivity index (χ0v) is 23.0. The standard InChI is InChI=1S/C35H29FN2O4/c1-22(25-12-11-24-6-2-3-7-26(24)19-25)37-34(39)27-13-15-32-33(20-27)42-17-16-38(32)21-23-10-14-29(31(36)18-23)28-8-4-5-9-30(28)35(40)41/h2-15,18-20,22H,16-17,21H2,1H3,(H,37,39)(H,40,41). The van der Waals surface area contributed by atoms with Gasteiger partial charge >= 0.3 is 5.97 Å². The van der Waals surface area contributed by atoms with Gasteiger partial charge in [-0.05, 0) is 70.8 Å². The molecule has 0 radical (unpaired) electrons. The average Bonchev–Trinajstić information content (AvgIpc) is 3.00. The van der Waals surface area contributed by atoms with Crippen LogP contribution >= 0.6 is 0 Å². The first kappa shape index (κ1) is 27.0. The minimum atomic E-state index is -1.10. The molecule has 1 amide bonds. The number of carbonyl (C=O) groups excluding carboxylic acids is 1. The van der Waals surface area contributed by atoms with Crippen molar-refractivity contribution in [2.75, 3.05) is 18.1 Å². The van der Waals surface area contributed by atoms with E-state index in [1.54, 1.807) is 36.4 Å². The van der Waals surface area contributed by atoms with Crippen molar-refractivity contribution in [3.63, 3.8) is 0 Å². The number of benzene rings is 5. The van der Waals surface area contributed by atoms with Crippen LogP contribution in [0.5, 0.6) is 5.75 Å². The molecule has 0 spiro atoms. The number of hydrogen-bond acceptors (Lipinski definition) is 4. The maximum atomic E-state index is 15.2. The summed E-state index contributed by atoms with van der Waals surface area (Å²) >= 11 is 0. The van der Waals surface area contributed by atoms with Crippen LogP contribution in [0.3, 0.4) is 0 Å². The molecule has 0 saturated heterocycles. The van der Waals surface area contributed by atoms with Crippen molar-refractivity contribution in [2.24, 2.45) is 0 Å². The summed E-state index contributed by atoms with van der Waals surface area (Å²) in [4.78, 5) is 26.8. The van der Waals surface area contributed by atoms with Crippen LogP contribution in [0.15, 0.2) is 103 Å². The first-order valence-corrected chi connectivity index (χ1v) is 13.8. The summed E-state index contributed by atoms with van der Waals surface area (Å²) in [6.07, 6.45) is 0.